The monoisotopic (exact) mass is 178 g/mol. The van der Waals surface area contributed by atoms with Gasteiger partial charge in [0.15, 0.2) is 0 Å². The average Bonchev–Trinajstić information content (AvgIpc) is 2.85. The lowest BCUT2D eigenvalue weighted by molar-refractivity contribution is 0.409. The Kier molecular flexibility index (Phi) is 1.77. The molecule has 13 heavy (non-hydrogen) atoms. The van der Waals surface area contributed by atoms with Crippen LogP contribution in [0, 0.1) is 6.92 Å². The van der Waals surface area contributed by atoms with Gasteiger partial charge in [-0.1, -0.05) is 0 Å². The van der Waals surface area contributed by atoms with Gasteiger partial charge in [-0.3, -0.25) is 4.98 Å². The molecule has 0 bridgehead atoms. The second-order valence-electron chi connectivity index (χ2n) is 3.64. The van der Waals surface area contributed by atoms with Gasteiger partial charge in [-0.15, -0.1) is 0 Å². The van der Waals surface area contributed by atoms with Gasteiger partial charge in [0, 0.05) is 11.8 Å². The van der Waals surface area contributed by atoms with Crippen LogP contribution in [0.4, 0.5) is 0 Å². The molecule has 1 aliphatic carbocycles. The van der Waals surface area contributed by atoms with Crippen molar-refractivity contribution < 1.29 is 4.74 Å². The molecule has 0 unspecified atom stereocenters. The molecule has 3 heteroatoms. The molecule has 1 saturated carbocycles. The maximum atomic E-state index is 6.07. The number of pyridine rings is 1. The first-order valence-electron chi connectivity index (χ1n) is 4.46. The molecule has 0 amide bonds. The molecule has 3 nitrogen and oxygen atoms in total. The molecule has 1 heterocycles. The van der Waals surface area contributed by atoms with Crippen LogP contribution in [-0.2, 0) is 5.54 Å². The molecule has 0 aromatic carbocycles. The minimum atomic E-state index is -0.168. The van der Waals surface area contributed by atoms with Gasteiger partial charge < -0.3 is 10.5 Å². The highest BCUT2D eigenvalue weighted by Gasteiger charge is 2.42. The summed E-state index contributed by atoms with van der Waals surface area (Å²) >= 11 is 0. The maximum Gasteiger partial charge on any atom is 0.125 e. The Morgan fingerprint density at radius 3 is 2.77 bits per heavy atom. The molecule has 70 valence electrons. The van der Waals surface area contributed by atoms with Crippen molar-refractivity contribution in [2.75, 3.05) is 7.11 Å². The number of methoxy groups -OCH3 is 1. The number of ether oxygens (including phenoxy) is 1. The smallest absolute Gasteiger partial charge is 0.125 e. The second-order valence-corrected chi connectivity index (χ2v) is 3.64. The molecule has 0 radical (unpaired) electrons. The molecule has 1 aromatic heterocycles. The van der Waals surface area contributed by atoms with E-state index in [2.05, 4.69) is 4.98 Å². The Morgan fingerprint density at radius 2 is 2.23 bits per heavy atom. The molecule has 1 aromatic rings. The summed E-state index contributed by atoms with van der Waals surface area (Å²) in [5, 5.41) is 0. The Bertz CT molecular complexity index is 332. The molecule has 0 saturated heterocycles. The van der Waals surface area contributed by atoms with E-state index in [-0.39, 0.29) is 5.54 Å². The first kappa shape index (κ1) is 8.51. The van der Waals surface area contributed by atoms with E-state index in [1.54, 1.807) is 13.3 Å². The molecule has 0 aliphatic heterocycles. The van der Waals surface area contributed by atoms with Crippen LogP contribution in [0.3, 0.4) is 0 Å². The molecular weight excluding hydrogens is 164 g/mol. The average molecular weight is 178 g/mol. The van der Waals surface area contributed by atoms with Crippen molar-refractivity contribution >= 4 is 0 Å². The van der Waals surface area contributed by atoms with Crippen molar-refractivity contribution in [1.29, 1.82) is 0 Å². The fourth-order valence-corrected chi connectivity index (χ4v) is 1.61. The topological polar surface area (TPSA) is 48.1 Å². The zero-order chi connectivity index (χ0) is 9.47. The maximum absolute atomic E-state index is 6.07. The van der Waals surface area contributed by atoms with Crippen LogP contribution in [0.15, 0.2) is 12.3 Å². The van der Waals surface area contributed by atoms with Crippen molar-refractivity contribution in [2.24, 2.45) is 5.73 Å². The molecule has 1 fully saturated rings. The Morgan fingerprint density at radius 1 is 1.54 bits per heavy atom. The van der Waals surface area contributed by atoms with Crippen molar-refractivity contribution in [3.63, 3.8) is 0 Å². The van der Waals surface area contributed by atoms with Gasteiger partial charge in [0.2, 0.25) is 0 Å². The Balaban J connectivity index is 2.46. The van der Waals surface area contributed by atoms with Crippen molar-refractivity contribution in [3.8, 4) is 5.75 Å². The summed E-state index contributed by atoms with van der Waals surface area (Å²) in [4.78, 5) is 4.32. The standard InChI is InChI=1S/C10H14N2O/c1-7-8(13-2)3-6-12-9(7)10(11)4-5-10/h3,6H,4-5,11H2,1-2H3. The van der Waals surface area contributed by atoms with E-state index in [0.29, 0.717) is 0 Å². The number of nitrogens with two attached hydrogens (primary N) is 1. The third-order valence-electron chi connectivity index (χ3n) is 2.63. The van der Waals surface area contributed by atoms with E-state index < -0.39 is 0 Å². The molecule has 0 atom stereocenters. The van der Waals surface area contributed by atoms with Gasteiger partial charge in [-0.05, 0) is 25.8 Å². The predicted octanol–water partition coefficient (Wildman–Crippen LogP) is 1.35. The van der Waals surface area contributed by atoms with Gasteiger partial charge in [0.1, 0.15) is 5.75 Å². The van der Waals surface area contributed by atoms with Crippen molar-refractivity contribution in [2.45, 2.75) is 25.3 Å². The highest BCUT2D eigenvalue weighted by atomic mass is 16.5. The minimum Gasteiger partial charge on any atom is -0.496 e. The molecular formula is C10H14N2O. The van der Waals surface area contributed by atoms with Crippen LogP contribution < -0.4 is 10.5 Å². The first-order valence-corrected chi connectivity index (χ1v) is 4.46. The van der Waals surface area contributed by atoms with E-state index in [1.807, 2.05) is 13.0 Å². The van der Waals surface area contributed by atoms with Crippen LogP contribution in [0.5, 0.6) is 5.75 Å². The summed E-state index contributed by atoms with van der Waals surface area (Å²) in [6.45, 7) is 2.01. The largest absolute Gasteiger partial charge is 0.496 e. The molecule has 0 spiro atoms. The zero-order valence-corrected chi connectivity index (χ0v) is 8.00. The number of hydrogen-bond donors (Lipinski definition) is 1. The lowest BCUT2D eigenvalue weighted by Crippen LogP contribution is -2.21. The SMILES string of the molecule is COc1ccnc(C2(N)CC2)c1C. The number of nitrogens with zero attached hydrogens (tertiary/aromatic N) is 1. The lowest BCUT2D eigenvalue weighted by Gasteiger charge is -2.13. The fourth-order valence-electron chi connectivity index (χ4n) is 1.61. The molecule has 2 N–H and O–H groups in total. The van der Waals surface area contributed by atoms with Gasteiger partial charge >= 0.3 is 0 Å². The van der Waals surface area contributed by atoms with Crippen molar-refractivity contribution in [1.82, 2.24) is 4.98 Å². The quantitative estimate of drug-likeness (QED) is 0.743. The first-order chi connectivity index (χ1) is 6.17. The summed E-state index contributed by atoms with van der Waals surface area (Å²) in [7, 11) is 1.67. The number of hydrogen-bond acceptors (Lipinski definition) is 3. The summed E-state index contributed by atoms with van der Waals surface area (Å²) in [5.74, 6) is 0.877. The normalized spacial score (nSPS) is 18.4. The second kappa shape index (κ2) is 2.70. The Hall–Kier alpha value is -1.09. The predicted molar refractivity (Wildman–Crippen MR) is 50.6 cm³/mol. The summed E-state index contributed by atoms with van der Waals surface area (Å²) in [6.07, 6.45) is 3.83. The van der Waals surface area contributed by atoms with E-state index in [0.717, 1.165) is 29.8 Å². The molecule has 1 aliphatic rings. The fraction of sp³-hybridized carbons (Fsp3) is 0.500. The third-order valence-corrected chi connectivity index (χ3v) is 2.63. The highest BCUT2D eigenvalue weighted by molar-refractivity contribution is 5.40. The summed E-state index contributed by atoms with van der Waals surface area (Å²) < 4.78 is 5.21. The number of rotatable bonds is 2. The highest BCUT2D eigenvalue weighted by Crippen LogP contribution is 2.44. The van der Waals surface area contributed by atoms with E-state index in [1.165, 1.54) is 0 Å². The van der Waals surface area contributed by atoms with Crippen LogP contribution in [0.2, 0.25) is 0 Å². The van der Waals surface area contributed by atoms with E-state index in [9.17, 15) is 0 Å². The minimum absolute atomic E-state index is 0.168. The van der Waals surface area contributed by atoms with Crippen LogP contribution in [-0.4, -0.2) is 12.1 Å². The van der Waals surface area contributed by atoms with Gasteiger partial charge in [0.25, 0.3) is 0 Å². The number of aromatic nitrogens is 1. The van der Waals surface area contributed by atoms with Crippen LogP contribution in [0.25, 0.3) is 0 Å². The lowest BCUT2D eigenvalue weighted by atomic mass is 10.1. The van der Waals surface area contributed by atoms with Crippen molar-refractivity contribution in [3.05, 3.63) is 23.5 Å². The van der Waals surface area contributed by atoms with Crippen LogP contribution in [0.1, 0.15) is 24.1 Å². The Labute approximate surface area is 77.9 Å². The summed E-state index contributed by atoms with van der Waals surface area (Å²) in [5.41, 5.74) is 7.97. The van der Waals surface area contributed by atoms with E-state index in [4.69, 9.17) is 10.5 Å². The summed E-state index contributed by atoms with van der Waals surface area (Å²) in [6, 6.07) is 1.87. The van der Waals surface area contributed by atoms with Gasteiger partial charge in [0.05, 0.1) is 18.3 Å². The van der Waals surface area contributed by atoms with Gasteiger partial charge in [-0.25, -0.2) is 0 Å². The third kappa shape index (κ3) is 1.29. The van der Waals surface area contributed by atoms with E-state index >= 15 is 0 Å². The zero-order valence-electron chi connectivity index (χ0n) is 8.00. The van der Waals surface area contributed by atoms with Crippen LogP contribution >= 0.6 is 0 Å². The van der Waals surface area contributed by atoms with Gasteiger partial charge in [-0.2, -0.15) is 0 Å². The molecule has 2 rings (SSSR count).